The van der Waals surface area contributed by atoms with E-state index in [0.29, 0.717) is 0 Å². The first-order valence-electron chi connectivity index (χ1n) is 6.09. The van der Waals surface area contributed by atoms with Crippen LogP contribution in [0, 0.1) is 0 Å². The number of hydrogen-bond acceptors (Lipinski definition) is 0. The fourth-order valence-electron chi connectivity index (χ4n) is 1.95. The Morgan fingerprint density at radius 3 is 1.29 bits per heavy atom. The van der Waals surface area contributed by atoms with Crippen molar-refractivity contribution in [2.24, 2.45) is 0 Å². The number of quaternary nitrogens is 1. The van der Waals surface area contributed by atoms with Gasteiger partial charge in [0.15, 0.2) is 0 Å². The van der Waals surface area contributed by atoms with Gasteiger partial charge in [0.05, 0.1) is 26.2 Å². The molecule has 0 atom stereocenters. The first-order valence-corrected chi connectivity index (χ1v) is 6.09. The van der Waals surface area contributed by atoms with Gasteiger partial charge in [-0.15, -0.1) is 0 Å². The molecule has 0 radical (unpaired) electrons. The molecule has 0 unspecified atom stereocenters. The highest BCUT2D eigenvalue weighted by Gasteiger charge is 2.20. The quantitative estimate of drug-likeness (QED) is 0.451. The zero-order valence-corrected chi connectivity index (χ0v) is 12.6. The molecule has 88 valence electrons. The maximum absolute atomic E-state index is 2.34. The number of rotatable bonds is 8. The second kappa shape index (κ2) is 10.2. The fraction of sp³-hybridized carbons (Fsp3) is 1.00. The van der Waals surface area contributed by atoms with E-state index in [4.69, 9.17) is 0 Å². The molecule has 0 aromatic rings. The van der Waals surface area contributed by atoms with E-state index in [1.807, 2.05) is 0 Å². The molecule has 1 nitrogen and oxygen atoms in total. The lowest BCUT2D eigenvalue weighted by molar-refractivity contribution is -0.925. The van der Waals surface area contributed by atoms with Crippen molar-refractivity contribution in [3.63, 3.8) is 0 Å². The molecule has 0 fully saturated rings. The van der Waals surface area contributed by atoms with Crippen molar-refractivity contribution in [1.82, 2.24) is 0 Å². The lowest BCUT2D eigenvalue weighted by atomic mass is 10.2. The minimum Gasteiger partial charge on any atom is -1.00 e. The second-order valence-corrected chi connectivity index (χ2v) is 4.13. The first kappa shape index (κ1) is 17.1. The number of halogens is 1. The SMILES string of the molecule is CCCC[N+](CC)(CC)CCCC.[I-]. The van der Waals surface area contributed by atoms with Crippen molar-refractivity contribution in [2.75, 3.05) is 26.2 Å². The molecule has 0 amide bonds. The minimum atomic E-state index is 0. The molecule has 0 saturated carbocycles. The van der Waals surface area contributed by atoms with Gasteiger partial charge < -0.3 is 28.5 Å². The summed E-state index contributed by atoms with van der Waals surface area (Å²) in [5.41, 5.74) is 0. The molecule has 0 N–H and O–H groups in total. The predicted molar refractivity (Wildman–Crippen MR) is 60.9 cm³/mol. The summed E-state index contributed by atoms with van der Waals surface area (Å²) in [5, 5.41) is 0. The highest BCUT2D eigenvalue weighted by atomic mass is 127. The third-order valence-corrected chi connectivity index (χ3v) is 3.31. The predicted octanol–water partition coefficient (Wildman–Crippen LogP) is 0.447. The zero-order valence-electron chi connectivity index (χ0n) is 10.5. The van der Waals surface area contributed by atoms with Crippen molar-refractivity contribution in [2.45, 2.75) is 53.4 Å². The van der Waals surface area contributed by atoms with E-state index in [1.54, 1.807) is 0 Å². The molecular formula is C12H28IN. The third kappa shape index (κ3) is 6.23. The monoisotopic (exact) mass is 313 g/mol. The summed E-state index contributed by atoms with van der Waals surface area (Å²) >= 11 is 0. The largest absolute Gasteiger partial charge is 1.00 e. The number of nitrogens with zero attached hydrogens (tertiary/aromatic N) is 1. The van der Waals surface area contributed by atoms with E-state index in [9.17, 15) is 0 Å². The van der Waals surface area contributed by atoms with Gasteiger partial charge in [-0.25, -0.2) is 0 Å². The van der Waals surface area contributed by atoms with E-state index in [1.165, 1.54) is 56.3 Å². The smallest absolute Gasteiger partial charge is 0.0786 e. The van der Waals surface area contributed by atoms with E-state index in [0.717, 1.165) is 0 Å². The summed E-state index contributed by atoms with van der Waals surface area (Å²) in [6.45, 7) is 14.7. The van der Waals surface area contributed by atoms with Gasteiger partial charge in [0.1, 0.15) is 0 Å². The lowest BCUT2D eigenvalue weighted by Gasteiger charge is -2.37. The van der Waals surface area contributed by atoms with Crippen LogP contribution in [0.4, 0.5) is 0 Å². The van der Waals surface area contributed by atoms with Crippen LogP contribution >= 0.6 is 0 Å². The van der Waals surface area contributed by atoms with Crippen molar-refractivity contribution in [3.05, 3.63) is 0 Å². The van der Waals surface area contributed by atoms with Gasteiger partial charge in [0.25, 0.3) is 0 Å². The molecule has 2 heteroatoms. The first-order chi connectivity index (χ1) is 6.24. The average Bonchev–Trinajstić information content (AvgIpc) is 2.20. The van der Waals surface area contributed by atoms with Crippen LogP contribution in [0.5, 0.6) is 0 Å². The van der Waals surface area contributed by atoms with Crippen LogP contribution in [0.2, 0.25) is 0 Å². The van der Waals surface area contributed by atoms with Crippen molar-refractivity contribution in [1.29, 1.82) is 0 Å². The van der Waals surface area contributed by atoms with Crippen LogP contribution < -0.4 is 24.0 Å². The Hall–Kier alpha value is 0.690. The Kier molecular flexibility index (Phi) is 12.5. The summed E-state index contributed by atoms with van der Waals surface area (Å²) in [6, 6.07) is 0. The summed E-state index contributed by atoms with van der Waals surface area (Å²) in [5.74, 6) is 0. The number of unbranched alkanes of at least 4 members (excludes halogenated alkanes) is 2. The Morgan fingerprint density at radius 2 is 1.07 bits per heavy atom. The van der Waals surface area contributed by atoms with Gasteiger partial charge in [-0.05, 0) is 26.7 Å². The van der Waals surface area contributed by atoms with Crippen LogP contribution in [0.15, 0.2) is 0 Å². The topological polar surface area (TPSA) is 0 Å². The molecule has 0 saturated heterocycles. The Morgan fingerprint density at radius 1 is 0.714 bits per heavy atom. The zero-order chi connectivity index (χ0) is 10.2. The second-order valence-electron chi connectivity index (χ2n) is 4.13. The molecule has 0 aromatic carbocycles. The molecule has 0 bridgehead atoms. The minimum absolute atomic E-state index is 0. The molecule has 0 aliphatic carbocycles. The molecule has 14 heavy (non-hydrogen) atoms. The Labute approximate surface area is 108 Å². The van der Waals surface area contributed by atoms with Gasteiger partial charge in [0.2, 0.25) is 0 Å². The van der Waals surface area contributed by atoms with Gasteiger partial charge >= 0.3 is 0 Å². The summed E-state index contributed by atoms with van der Waals surface area (Å²) < 4.78 is 1.35. The van der Waals surface area contributed by atoms with Gasteiger partial charge in [-0.2, -0.15) is 0 Å². The Bertz CT molecular complexity index is 101. The molecule has 0 aliphatic heterocycles. The maximum Gasteiger partial charge on any atom is 0.0786 e. The van der Waals surface area contributed by atoms with Gasteiger partial charge in [-0.1, -0.05) is 26.7 Å². The van der Waals surface area contributed by atoms with E-state index < -0.39 is 0 Å². The fourth-order valence-corrected chi connectivity index (χ4v) is 1.95. The Balaban J connectivity index is 0. The van der Waals surface area contributed by atoms with Crippen molar-refractivity contribution >= 4 is 0 Å². The maximum atomic E-state index is 2.34. The summed E-state index contributed by atoms with van der Waals surface area (Å²) in [4.78, 5) is 0. The summed E-state index contributed by atoms with van der Waals surface area (Å²) in [6.07, 6.45) is 5.47. The number of hydrogen-bond donors (Lipinski definition) is 0. The van der Waals surface area contributed by atoms with Crippen LogP contribution in [-0.4, -0.2) is 30.7 Å². The van der Waals surface area contributed by atoms with E-state index in [-0.39, 0.29) is 24.0 Å². The molecule has 0 aromatic heterocycles. The van der Waals surface area contributed by atoms with E-state index in [2.05, 4.69) is 27.7 Å². The van der Waals surface area contributed by atoms with Crippen molar-refractivity contribution in [3.8, 4) is 0 Å². The lowest BCUT2D eigenvalue weighted by Crippen LogP contribution is -3.00. The summed E-state index contributed by atoms with van der Waals surface area (Å²) in [7, 11) is 0. The molecule has 0 heterocycles. The average molecular weight is 313 g/mol. The van der Waals surface area contributed by atoms with Crippen LogP contribution in [0.25, 0.3) is 0 Å². The highest BCUT2D eigenvalue weighted by molar-refractivity contribution is 4.43. The standard InChI is InChI=1S/C12H28N.HI/c1-5-9-11-13(7-3,8-4)12-10-6-2;/h5-12H2,1-4H3;1H/q+1;/p-1. The van der Waals surface area contributed by atoms with Gasteiger partial charge in [-0.3, -0.25) is 0 Å². The third-order valence-electron chi connectivity index (χ3n) is 3.31. The molecular weight excluding hydrogens is 285 g/mol. The molecule has 0 aliphatic rings. The van der Waals surface area contributed by atoms with E-state index >= 15 is 0 Å². The highest BCUT2D eigenvalue weighted by Crippen LogP contribution is 2.11. The van der Waals surface area contributed by atoms with Crippen LogP contribution in [0.3, 0.4) is 0 Å². The van der Waals surface area contributed by atoms with Gasteiger partial charge in [0, 0.05) is 0 Å². The van der Waals surface area contributed by atoms with Crippen LogP contribution in [-0.2, 0) is 0 Å². The molecule has 0 rings (SSSR count). The van der Waals surface area contributed by atoms with Crippen molar-refractivity contribution < 1.29 is 28.5 Å². The van der Waals surface area contributed by atoms with Crippen LogP contribution in [0.1, 0.15) is 53.4 Å². The molecule has 0 spiro atoms. The normalized spacial score (nSPS) is 11.1.